The number of nitrogens with two attached hydrogens (primary N) is 1. The minimum Gasteiger partial charge on any atom is -0.468 e. The van der Waals surface area contributed by atoms with Crippen molar-refractivity contribution in [3.8, 4) is 11.5 Å². The molecular weight excluding hydrogens is 451 g/mol. The van der Waals surface area contributed by atoms with E-state index >= 15 is 0 Å². The van der Waals surface area contributed by atoms with Gasteiger partial charge in [0, 0.05) is 0 Å². The number of hydrogen-bond acceptors (Lipinski definition) is 7. The Morgan fingerprint density at radius 2 is 1.87 bits per heavy atom. The molecule has 1 saturated heterocycles. The summed E-state index contributed by atoms with van der Waals surface area (Å²) in [4.78, 5) is 34.4. The number of imide groups is 1. The van der Waals surface area contributed by atoms with Gasteiger partial charge in [0.2, 0.25) is 5.91 Å². The molecule has 7 nitrogen and oxygen atoms in total. The number of nitrogens with one attached hydrogen (secondary N) is 1. The maximum atomic E-state index is 11.7. The van der Waals surface area contributed by atoms with Crippen molar-refractivity contribution in [1.29, 1.82) is 0 Å². The number of amides is 2. The predicted octanol–water partition coefficient (Wildman–Crippen LogP) is 3.49. The lowest BCUT2D eigenvalue weighted by atomic mass is 10.1. The number of thioether (sulfide) groups is 1. The molecule has 160 valence electrons. The molecule has 1 aliphatic heterocycles. The van der Waals surface area contributed by atoms with Crippen LogP contribution in [0.1, 0.15) is 11.1 Å². The van der Waals surface area contributed by atoms with Crippen molar-refractivity contribution in [2.75, 3.05) is 7.11 Å². The third kappa shape index (κ3) is 6.12. The molecule has 1 unspecified atom stereocenters. The lowest BCUT2D eigenvalue weighted by Gasteiger charge is -2.12. The zero-order valence-corrected chi connectivity index (χ0v) is 18.3. The number of carbonyl (C=O) groups is 3. The van der Waals surface area contributed by atoms with E-state index in [0.29, 0.717) is 29.4 Å². The Morgan fingerprint density at radius 1 is 1.20 bits per heavy atom. The van der Waals surface area contributed by atoms with Gasteiger partial charge in [-0.25, -0.2) is 0 Å². The first-order chi connectivity index (χ1) is 13.9. The summed E-state index contributed by atoms with van der Waals surface area (Å²) in [7, 11) is 1.30. The van der Waals surface area contributed by atoms with Gasteiger partial charge in [0.15, 0.2) is 0 Å². The van der Waals surface area contributed by atoms with E-state index in [9.17, 15) is 14.4 Å². The van der Waals surface area contributed by atoms with Crippen LogP contribution in [-0.4, -0.2) is 35.5 Å². The molecular formula is C20H20Cl2N2O5S. The summed E-state index contributed by atoms with van der Waals surface area (Å²) in [5.41, 5.74) is 7.47. The van der Waals surface area contributed by atoms with E-state index in [1.807, 2.05) is 18.2 Å². The summed E-state index contributed by atoms with van der Waals surface area (Å²) in [6, 6.07) is 11.7. The molecule has 1 fully saturated rings. The van der Waals surface area contributed by atoms with Crippen molar-refractivity contribution < 1.29 is 23.9 Å². The van der Waals surface area contributed by atoms with Crippen LogP contribution in [-0.2, 0) is 27.2 Å². The summed E-state index contributed by atoms with van der Waals surface area (Å²) in [6.07, 6.45) is 0.759. The average molecular weight is 471 g/mol. The van der Waals surface area contributed by atoms with Crippen LogP contribution in [0.5, 0.6) is 11.5 Å². The second-order valence-corrected chi connectivity index (χ2v) is 8.01. The highest BCUT2D eigenvalue weighted by Gasteiger charge is 2.31. The Balaban J connectivity index is 0.00000320. The Morgan fingerprint density at radius 3 is 2.43 bits per heavy atom. The maximum Gasteiger partial charge on any atom is 0.322 e. The van der Waals surface area contributed by atoms with E-state index in [0.717, 1.165) is 22.9 Å². The van der Waals surface area contributed by atoms with Crippen molar-refractivity contribution in [3.05, 3.63) is 58.6 Å². The highest BCUT2D eigenvalue weighted by atomic mass is 35.5. The average Bonchev–Trinajstić information content (AvgIpc) is 3.01. The summed E-state index contributed by atoms with van der Waals surface area (Å²) in [5, 5.41) is 1.88. The van der Waals surface area contributed by atoms with Crippen molar-refractivity contribution in [2.45, 2.75) is 24.1 Å². The number of methoxy groups -OCH3 is 1. The van der Waals surface area contributed by atoms with E-state index in [4.69, 9.17) is 22.1 Å². The number of hydrogen-bond donors (Lipinski definition) is 2. The van der Waals surface area contributed by atoms with E-state index < -0.39 is 17.3 Å². The number of rotatable bonds is 7. The Labute approximate surface area is 189 Å². The van der Waals surface area contributed by atoms with Crippen LogP contribution >= 0.6 is 35.8 Å². The van der Waals surface area contributed by atoms with Gasteiger partial charge in [0.1, 0.15) is 17.5 Å². The van der Waals surface area contributed by atoms with Crippen LogP contribution in [0.25, 0.3) is 0 Å². The highest BCUT2D eigenvalue weighted by Crippen LogP contribution is 2.32. The molecule has 0 saturated carbocycles. The SMILES string of the molecule is COC(=O)[C@@H](N)Cc1ccc(Oc2ccc(CC3SC(=O)NC3=O)cc2Cl)cc1.Cl. The molecule has 2 aromatic carbocycles. The number of carbonyl (C=O) groups excluding carboxylic acids is 3. The fourth-order valence-electron chi connectivity index (χ4n) is 2.80. The van der Waals surface area contributed by atoms with Gasteiger partial charge in [-0.2, -0.15) is 0 Å². The number of ether oxygens (including phenoxy) is 2. The second kappa shape index (κ2) is 10.7. The van der Waals surface area contributed by atoms with Gasteiger partial charge in [-0.1, -0.05) is 41.6 Å². The normalized spacial score (nSPS) is 16.4. The first-order valence-corrected chi connectivity index (χ1v) is 10.0. The van der Waals surface area contributed by atoms with Gasteiger partial charge in [-0.3, -0.25) is 19.7 Å². The standard InChI is InChI=1S/C20H19ClN2O5S.ClH/c1-27-19(25)15(22)9-11-2-5-13(6-3-11)28-16-7-4-12(8-14(16)21)10-17-18(24)23-20(26)29-17;/h2-8,15,17H,9-10,22H2,1H3,(H,23,24,26);1H/t15-,17?;/m0./s1. The molecule has 0 aromatic heterocycles. The summed E-state index contributed by atoms with van der Waals surface area (Å²) in [6.45, 7) is 0. The first kappa shape index (κ1) is 24.0. The van der Waals surface area contributed by atoms with E-state index in [-0.39, 0.29) is 23.6 Å². The third-order valence-corrected chi connectivity index (χ3v) is 5.57. The molecule has 2 amide bonds. The minimum absolute atomic E-state index is 0. The molecule has 3 rings (SSSR count). The number of benzene rings is 2. The van der Waals surface area contributed by atoms with Gasteiger partial charge < -0.3 is 15.2 Å². The molecule has 0 spiro atoms. The van der Waals surface area contributed by atoms with E-state index in [2.05, 4.69) is 10.1 Å². The van der Waals surface area contributed by atoms with Gasteiger partial charge in [-0.15, -0.1) is 12.4 Å². The fraction of sp³-hybridized carbons (Fsp3) is 0.250. The molecule has 1 heterocycles. The molecule has 1 aliphatic rings. The molecule has 10 heteroatoms. The van der Waals surface area contributed by atoms with Crippen LogP contribution in [0, 0.1) is 0 Å². The van der Waals surface area contributed by atoms with Crippen molar-refractivity contribution in [2.24, 2.45) is 5.73 Å². The molecule has 30 heavy (non-hydrogen) atoms. The third-order valence-electron chi connectivity index (χ3n) is 4.30. The molecule has 0 bridgehead atoms. The van der Waals surface area contributed by atoms with Crippen LogP contribution < -0.4 is 15.8 Å². The second-order valence-electron chi connectivity index (χ2n) is 6.43. The number of esters is 1. The monoisotopic (exact) mass is 470 g/mol. The van der Waals surface area contributed by atoms with Crippen LogP contribution in [0.4, 0.5) is 4.79 Å². The van der Waals surface area contributed by atoms with Crippen LogP contribution in [0.2, 0.25) is 5.02 Å². The summed E-state index contributed by atoms with van der Waals surface area (Å²) < 4.78 is 10.4. The van der Waals surface area contributed by atoms with Gasteiger partial charge in [0.05, 0.1) is 17.4 Å². The zero-order valence-electron chi connectivity index (χ0n) is 15.9. The molecule has 0 aliphatic carbocycles. The van der Waals surface area contributed by atoms with Crippen molar-refractivity contribution in [1.82, 2.24) is 5.32 Å². The number of halogens is 2. The van der Waals surface area contributed by atoms with E-state index in [1.165, 1.54) is 7.11 Å². The lowest BCUT2D eigenvalue weighted by Crippen LogP contribution is -2.33. The molecule has 2 atom stereocenters. The van der Waals surface area contributed by atoms with Crippen molar-refractivity contribution in [3.63, 3.8) is 0 Å². The fourth-order valence-corrected chi connectivity index (χ4v) is 3.91. The quantitative estimate of drug-likeness (QED) is 0.596. The summed E-state index contributed by atoms with van der Waals surface area (Å²) >= 11 is 7.29. The van der Waals surface area contributed by atoms with Crippen LogP contribution in [0.3, 0.4) is 0 Å². The largest absolute Gasteiger partial charge is 0.468 e. The Hall–Kier alpha value is -2.26. The van der Waals surface area contributed by atoms with Crippen LogP contribution in [0.15, 0.2) is 42.5 Å². The highest BCUT2D eigenvalue weighted by molar-refractivity contribution is 8.15. The summed E-state index contributed by atoms with van der Waals surface area (Å²) in [5.74, 6) is 0.291. The predicted molar refractivity (Wildman–Crippen MR) is 118 cm³/mol. The minimum atomic E-state index is -0.718. The van der Waals surface area contributed by atoms with Gasteiger partial charge >= 0.3 is 5.97 Å². The van der Waals surface area contributed by atoms with Crippen molar-refractivity contribution >= 4 is 52.9 Å². The zero-order chi connectivity index (χ0) is 21.0. The molecule has 2 aromatic rings. The molecule has 3 N–H and O–H groups in total. The smallest absolute Gasteiger partial charge is 0.322 e. The molecule has 0 radical (unpaired) electrons. The topological polar surface area (TPSA) is 108 Å². The van der Waals surface area contributed by atoms with Gasteiger partial charge in [-0.05, 0) is 48.2 Å². The van der Waals surface area contributed by atoms with Gasteiger partial charge in [0.25, 0.3) is 5.24 Å². The lowest BCUT2D eigenvalue weighted by molar-refractivity contribution is -0.142. The Bertz CT molecular complexity index is 939. The Kier molecular flexibility index (Phi) is 8.54. The maximum absolute atomic E-state index is 11.7. The van der Waals surface area contributed by atoms with E-state index in [1.54, 1.807) is 24.3 Å². The first-order valence-electron chi connectivity index (χ1n) is 8.76.